The molecule has 9 nitrogen and oxygen atoms in total. The third-order valence-electron chi connectivity index (χ3n) is 3.41. The third-order valence-corrected chi connectivity index (χ3v) is 5.43. The van der Waals surface area contributed by atoms with Gasteiger partial charge in [0.05, 0.1) is 5.92 Å². The molecule has 0 saturated carbocycles. The van der Waals surface area contributed by atoms with Crippen molar-refractivity contribution in [1.82, 2.24) is 14.3 Å². The number of rotatable bonds is 3. The Labute approximate surface area is 119 Å². The van der Waals surface area contributed by atoms with Gasteiger partial charge in [0.25, 0.3) is 5.56 Å². The number of carbonyl (C=O) groups is 1. The molecule has 116 valence electrons. The van der Waals surface area contributed by atoms with Gasteiger partial charge in [0, 0.05) is 18.8 Å². The molecule has 0 aliphatic carbocycles. The monoisotopic (exact) mass is 317 g/mol. The van der Waals surface area contributed by atoms with Crippen molar-refractivity contribution in [3.63, 3.8) is 0 Å². The molecule has 1 aromatic rings. The topological polar surface area (TPSA) is 140 Å². The van der Waals surface area contributed by atoms with Crippen LogP contribution < -0.4 is 11.2 Å². The smallest absolute Gasteiger partial charge is 0.325 e. The normalized spacial score (nSPS) is 20.3. The summed E-state index contributed by atoms with van der Waals surface area (Å²) < 4.78 is 26.0. The van der Waals surface area contributed by atoms with Crippen LogP contribution in [0.25, 0.3) is 0 Å². The Balaban J connectivity index is 2.46. The van der Waals surface area contributed by atoms with Gasteiger partial charge in [0.2, 0.25) is 10.0 Å². The van der Waals surface area contributed by atoms with Gasteiger partial charge in [-0.05, 0) is 19.8 Å². The van der Waals surface area contributed by atoms with Crippen LogP contribution in [0.4, 0.5) is 0 Å². The van der Waals surface area contributed by atoms with Crippen LogP contribution in [-0.2, 0) is 14.8 Å². The molecule has 1 aliphatic heterocycles. The van der Waals surface area contributed by atoms with Crippen molar-refractivity contribution < 1.29 is 18.3 Å². The van der Waals surface area contributed by atoms with E-state index in [-0.39, 0.29) is 18.8 Å². The Morgan fingerprint density at radius 1 is 1.33 bits per heavy atom. The van der Waals surface area contributed by atoms with Crippen LogP contribution in [0.5, 0.6) is 0 Å². The fourth-order valence-electron chi connectivity index (χ4n) is 2.39. The Morgan fingerprint density at radius 3 is 2.57 bits per heavy atom. The number of carboxylic acid groups (broad SMARTS) is 1. The number of H-pyrrole nitrogens is 2. The first-order valence-corrected chi connectivity index (χ1v) is 7.73. The van der Waals surface area contributed by atoms with Crippen molar-refractivity contribution in [3.8, 4) is 0 Å². The molecule has 1 atom stereocenters. The van der Waals surface area contributed by atoms with Crippen LogP contribution in [-0.4, -0.2) is 46.9 Å². The zero-order valence-electron chi connectivity index (χ0n) is 11.2. The lowest BCUT2D eigenvalue weighted by Gasteiger charge is -2.29. The third kappa shape index (κ3) is 2.90. The molecule has 1 aromatic heterocycles. The number of sulfonamides is 1. The molecule has 2 rings (SSSR count). The quantitative estimate of drug-likeness (QED) is 0.643. The molecule has 0 spiro atoms. The zero-order chi connectivity index (χ0) is 15.8. The van der Waals surface area contributed by atoms with E-state index in [1.165, 1.54) is 6.92 Å². The van der Waals surface area contributed by atoms with E-state index in [1.807, 2.05) is 4.98 Å². The van der Waals surface area contributed by atoms with Crippen molar-refractivity contribution in [2.24, 2.45) is 5.92 Å². The molecule has 0 aromatic carbocycles. The summed E-state index contributed by atoms with van der Waals surface area (Å²) >= 11 is 0. The van der Waals surface area contributed by atoms with Crippen molar-refractivity contribution >= 4 is 16.0 Å². The van der Waals surface area contributed by atoms with Crippen LogP contribution in [0.15, 0.2) is 14.5 Å². The fourth-order valence-corrected chi connectivity index (χ4v) is 4.12. The second-order valence-electron chi connectivity index (χ2n) is 4.90. The summed E-state index contributed by atoms with van der Waals surface area (Å²) in [6, 6.07) is 0. The average molecular weight is 317 g/mol. The lowest BCUT2D eigenvalue weighted by molar-refractivity contribution is -0.142. The molecule has 0 unspecified atom stereocenters. The van der Waals surface area contributed by atoms with Crippen molar-refractivity contribution in [1.29, 1.82) is 0 Å². The van der Waals surface area contributed by atoms with E-state index in [1.54, 1.807) is 0 Å². The number of piperidine rings is 1. The number of aryl methyl sites for hydroxylation is 1. The van der Waals surface area contributed by atoms with Crippen LogP contribution >= 0.6 is 0 Å². The number of aliphatic carboxylic acids is 1. The minimum absolute atomic E-state index is 0.0683. The first-order chi connectivity index (χ1) is 9.73. The predicted molar refractivity (Wildman–Crippen MR) is 71.5 cm³/mol. The first kappa shape index (κ1) is 15.4. The summed E-state index contributed by atoms with van der Waals surface area (Å²) in [5.41, 5.74) is -1.87. The summed E-state index contributed by atoms with van der Waals surface area (Å²) in [6.45, 7) is 1.27. The molecule has 3 N–H and O–H groups in total. The zero-order valence-corrected chi connectivity index (χ0v) is 12.1. The number of nitrogens with one attached hydrogen (secondary N) is 2. The van der Waals surface area contributed by atoms with Crippen LogP contribution in [0.1, 0.15) is 18.5 Å². The van der Waals surface area contributed by atoms with Gasteiger partial charge in [-0.15, -0.1) is 0 Å². The second kappa shape index (κ2) is 5.45. The molecule has 2 heterocycles. The minimum atomic E-state index is -4.15. The maximum absolute atomic E-state index is 12.5. The molecule has 1 fully saturated rings. The molecule has 0 bridgehead atoms. The Hall–Kier alpha value is -1.94. The predicted octanol–water partition coefficient (Wildman–Crippen LogP) is -1.14. The molecule has 0 radical (unpaired) electrons. The Kier molecular flexibility index (Phi) is 4.01. The van der Waals surface area contributed by atoms with E-state index in [0.29, 0.717) is 12.8 Å². The molecule has 10 heteroatoms. The lowest BCUT2D eigenvalue weighted by atomic mass is 10.0. The molecule has 1 saturated heterocycles. The number of aromatic amines is 2. The van der Waals surface area contributed by atoms with Gasteiger partial charge in [0.15, 0.2) is 4.90 Å². The number of hydrogen-bond acceptors (Lipinski definition) is 5. The maximum atomic E-state index is 12.5. The Morgan fingerprint density at radius 2 is 2.00 bits per heavy atom. The van der Waals surface area contributed by atoms with Crippen molar-refractivity contribution in [2.45, 2.75) is 24.7 Å². The van der Waals surface area contributed by atoms with Gasteiger partial charge in [-0.25, -0.2) is 13.2 Å². The maximum Gasteiger partial charge on any atom is 0.325 e. The van der Waals surface area contributed by atoms with E-state index >= 15 is 0 Å². The van der Waals surface area contributed by atoms with Gasteiger partial charge >= 0.3 is 11.7 Å². The van der Waals surface area contributed by atoms with Gasteiger partial charge in [-0.1, -0.05) is 0 Å². The number of hydrogen-bond donors (Lipinski definition) is 3. The van der Waals surface area contributed by atoms with E-state index in [0.717, 1.165) is 4.31 Å². The number of nitrogens with zero attached hydrogens (tertiary/aromatic N) is 1. The molecule has 21 heavy (non-hydrogen) atoms. The SMILES string of the molecule is Cc1[nH]c(=O)[nH]c(=O)c1S(=O)(=O)N1CCC[C@H](C(=O)O)C1. The van der Waals surface area contributed by atoms with Crippen LogP contribution in [0.3, 0.4) is 0 Å². The highest BCUT2D eigenvalue weighted by molar-refractivity contribution is 7.89. The highest BCUT2D eigenvalue weighted by Gasteiger charge is 2.35. The van der Waals surface area contributed by atoms with Crippen LogP contribution in [0.2, 0.25) is 0 Å². The highest BCUT2D eigenvalue weighted by atomic mass is 32.2. The average Bonchev–Trinajstić information content (AvgIpc) is 2.37. The molecule has 1 aliphatic rings. The fraction of sp³-hybridized carbons (Fsp3) is 0.545. The Bertz CT molecular complexity index is 778. The standard InChI is InChI=1S/C11H15N3O6S/c1-6-8(9(15)13-11(18)12-6)21(19,20)14-4-2-3-7(5-14)10(16)17/h7H,2-5H2,1H3,(H,16,17)(H2,12,13,15,18)/t7-/m0/s1. The van der Waals surface area contributed by atoms with Crippen molar-refractivity contribution in [3.05, 3.63) is 26.5 Å². The molecule has 0 amide bonds. The van der Waals surface area contributed by atoms with E-state index < -0.39 is 38.1 Å². The van der Waals surface area contributed by atoms with Gasteiger partial charge in [0.1, 0.15) is 0 Å². The van der Waals surface area contributed by atoms with Crippen molar-refractivity contribution in [2.75, 3.05) is 13.1 Å². The largest absolute Gasteiger partial charge is 0.481 e. The van der Waals surface area contributed by atoms with E-state index in [4.69, 9.17) is 5.11 Å². The summed E-state index contributed by atoms with van der Waals surface area (Å²) in [4.78, 5) is 37.4. The molecular weight excluding hydrogens is 302 g/mol. The molecular formula is C11H15N3O6S. The summed E-state index contributed by atoms with van der Waals surface area (Å²) in [5.74, 6) is -1.86. The first-order valence-electron chi connectivity index (χ1n) is 6.29. The highest BCUT2D eigenvalue weighted by Crippen LogP contribution is 2.23. The summed E-state index contributed by atoms with van der Waals surface area (Å²) in [7, 11) is -4.15. The lowest BCUT2D eigenvalue weighted by Crippen LogP contribution is -2.44. The van der Waals surface area contributed by atoms with Gasteiger partial charge in [-0.2, -0.15) is 4.31 Å². The summed E-state index contributed by atoms with van der Waals surface area (Å²) in [5, 5.41) is 9.00. The number of carboxylic acids is 1. The van der Waals surface area contributed by atoms with Gasteiger partial charge < -0.3 is 10.1 Å². The van der Waals surface area contributed by atoms with Gasteiger partial charge in [-0.3, -0.25) is 14.6 Å². The van der Waals surface area contributed by atoms with E-state index in [2.05, 4.69) is 4.98 Å². The van der Waals surface area contributed by atoms with Crippen LogP contribution in [0, 0.1) is 12.8 Å². The number of aromatic nitrogens is 2. The summed E-state index contributed by atoms with van der Waals surface area (Å²) in [6.07, 6.45) is 0.790. The minimum Gasteiger partial charge on any atom is -0.481 e. The second-order valence-corrected chi connectivity index (χ2v) is 6.78. The van der Waals surface area contributed by atoms with E-state index in [9.17, 15) is 22.8 Å².